The molecule has 1 rings (SSSR count). The van der Waals surface area contributed by atoms with E-state index in [0.29, 0.717) is 12.5 Å². The summed E-state index contributed by atoms with van der Waals surface area (Å²) in [7, 11) is 0. The highest BCUT2D eigenvalue weighted by Crippen LogP contribution is 2.01. The van der Waals surface area contributed by atoms with Gasteiger partial charge in [-0.15, -0.1) is 0 Å². The van der Waals surface area contributed by atoms with Crippen molar-refractivity contribution in [1.29, 1.82) is 0 Å². The standard InChI is InChI=1S/C10H16N2O/c1-4-12-7-11-6-9(10(12)13)5-8(2)3/h6-8H,4-5H2,1-3H3. The SMILES string of the molecule is CCn1cncc(CC(C)C)c1=O. The van der Waals surface area contributed by atoms with E-state index in [1.54, 1.807) is 17.1 Å². The van der Waals surface area contributed by atoms with Crippen LogP contribution in [0.3, 0.4) is 0 Å². The van der Waals surface area contributed by atoms with Crippen LogP contribution in [0.25, 0.3) is 0 Å². The van der Waals surface area contributed by atoms with E-state index < -0.39 is 0 Å². The normalized spacial score (nSPS) is 10.8. The van der Waals surface area contributed by atoms with Gasteiger partial charge in [-0.3, -0.25) is 9.36 Å². The van der Waals surface area contributed by atoms with Crippen LogP contribution in [0.15, 0.2) is 17.3 Å². The van der Waals surface area contributed by atoms with Crippen LogP contribution in [0.1, 0.15) is 26.3 Å². The lowest BCUT2D eigenvalue weighted by Crippen LogP contribution is -2.23. The zero-order valence-corrected chi connectivity index (χ0v) is 8.45. The third-order valence-electron chi connectivity index (χ3n) is 1.94. The predicted octanol–water partition coefficient (Wildman–Crippen LogP) is 1.46. The molecular weight excluding hydrogens is 164 g/mol. The van der Waals surface area contributed by atoms with Gasteiger partial charge in [0.2, 0.25) is 0 Å². The predicted molar refractivity (Wildman–Crippen MR) is 52.7 cm³/mol. The third kappa shape index (κ3) is 2.41. The molecule has 0 amide bonds. The summed E-state index contributed by atoms with van der Waals surface area (Å²) in [6, 6.07) is 0. The molecule has 0 spiro atoms. The molecule has 0 saturated carbocycles. The fourth-order valence-electron chi connectivity index (χ4n) is 1.30. The molecule has 13 heavy (non-hydrogen) atoms. The van der Waals surface area contributed by atoms with Crippen molar-refractivity contribution >= 4 is 0 Å². The molecule has 0 saturated heterocycles. The number of nitrogens with zero attached hydrogens (tertiary/aromatic N) is 2. The lowest BCUT2D eigenvalue weighted by Gasteiger charge is -2.06. The van der Waals surface area contributed by atoms with Crippen LogP contribution < -0.4 is 5.56 Å². The lowest BCUT2D eigenvalue weighted by atomic mass is 10.1. The van der Waals surface area contributed by atoms with Gasteiger partial charge in [0.15, 0.2) is 0 Å². The number of aromatic nitrogens is 2. The van der Waals surface area contributed by atoms with Gasteiger partial charge in [-0.25, -0.2) is 4.98 Å². The van der Waals surface area contributed by atoms with Gasteiger partial charge in [-0.1, -0.05) is 13.8 Å². The minimum absolute atomic E-state index is 0.103. The molecule has 1 aromatic rings. The van der Waals surface area contributed by atoms with E-state index in [1.165, 1.54) is 0 Å². The highest BCUT2D eigenvalue weighted by Gasteiger charge is 2.04. The Labute approximate surface area is 78.4 Å². The molecule has 0 unspecified atom stereocenters. The first-order valence-corrected chi connectivity index (χ1v) is 4.68. The van der Waals surface area contributed by atoms with E-state index in [-0.39, 0.29) is 5.56 Å². The summed E-state index contributed by atoms with van der Waals surface area (Å²) in [6.07, 6.45) is 4.08. The van der Waals surface area contributed by atoms with Crippen LogP contribution in [-0.2, 0) is 13.0 Å². The first kappa shape index (κ1) is 9.96. The fourth-order valence-corrected chi connectivity index (χ4v) is 1.30. The van der Waals surface area contributed by atoms with Crippen LogP contribution in [0.5, 0.6) is 0 Å². The first-order chi connectivity index (χ1) is 6.15. The van der Waals surface area contributed by atoms with Crippen molar-refractivity contribution in [3.8, 4) is 0 Å². The number of hydrogen-bond acceptors (Lipinski definition) is 2. The molecule has 0 atom stereocenters. The van der Waals surface area contributed by atoms with Crippen molar-refractivity contribution in [3.63, 3.8) is 0 Å². The average Bonchev–Trinajstić information content (AvgIpc) is 2.08. The molecular formula is C10H16N2O. The molecule has 1 heterocycles. The minimum Gasteiger partial charge on any atom is -0.299 e. The van der Waals surface area contributed by atoms with Crippen molar-refractivity contribution < 1.29 is 0 Å². The van der Waals surface area contributed by atoms with E-state index in [9.17, 15) is 4.79 Å². The number of hydrogen-bond donors (Lipinski definition) is 0. The Morgan fingerprint density at radius 3 is 2.77 bits per heavy atom. The maximum absolute atomic E-state index is 11.7. The number of aryl methyl sites for hydroxylation is 1. The highest BCUT2D eigenvalue weighted by atomic mass is 16.1. The third-order valence-corrected chi connectivity index (χ3v) is 1.94. The molecule has 3 heteroatoms. The van der Waals surface area contributed by atoms with Crippen LogP contribution in [0.4, 0.5) is 0 Å². The molecule has 0 aromatic carbocycles. The summed E-state index contributed by atoms with van der Waals surface area (Å²) in [5.74, 6) is 0.502. The molecule has 0 radical (unpaired) electrons. The van der Waals surface area contributed by atoms with Crippen molar-refractivity contribution in [2.75, 3.05) is 0 Å². The Hall–Kier alpha value is -1.12. The molecule has 0 N–H and O–H groups in total. The smallest absolute Gasteiger partial charge is 0.256 e. The molecule has 0 fully saturated rings. The molecule has 0 aliphatic rings. The van der Waals surface area contributed by atoms with Gasteiger partial charge in [-0.2, -0.15) is 0 Å². The van der Waals surface area contributed by atoms with Crippen molar-refractivity contribution in [2.24, 2.45) is 5.92 Å². The van der Waals surface area contributed by atoms with Crippen molar-refractivity contribution in [1.82, 2.24) is 9.55 Å². The summed E-state index contributed by atoms with van der Waals surface area (Å²) < 4.78 is 1.64. The molecule has 0 bridgehead atoms. The van der Waals surface area contributed by atoms with Crippen LogP contribution >= 0.6 is 0 Å². The van der Waals surface area contributed by atoms with Gasteiger partial charge in [0.1, 0.15) is 0 Å². The lowest BCUT2D eigenvalue weighted by molar-refractivity contribution is 0.619. The quantitative estimate of drug-likeness (QED) is 0.706. The molecule has 72 valence electrons. The van der Waals surface area contributed by atoms with E-state index >= 15 is 0 Å². The summed E-state index contributed by atoms with van der Waals surface area (Å²) in [5.41, 5.74) is 0.922. The minimum atomic E-state index is 0.103. The van der Waals surface area contributed by atoms with E-state index in [0.717, 1.165) is 12.0 Å². The van der Waals surface area contributed by atoms with Gasteiger partial charge >= 0.3 is 0 Å². The molecule has 0 aliphatic heterocycles. The average molecular weight is 180 g/mol. The molecule has 1 aromatic heterocycles. The van der Waals surface area contributed by atoms with Gasteiger partial charge in [0.25, 0.3) is 5.56 Å². The largest absolute Gasteiger partial charge is 0.299 e. The summed E-state index contributed by atoms with van der Waals surface area (Å²) in [6.45, 7) is 6.84. The maximum atomic E-state index is 11.7. The second-order valence-corrected chi connectivity index (χ2v) is 3.61. The van der Waals surface area contributed by atoms with Crippen LogP contribution in [0, 0.1) is 5.92 Å². The topological polar surface area (TPSA) is 34.9 Å². The van der Waals surface area contributed by atoms with E-state index in [4.69, 9.17) is 0 Å². The Balaban J connectivity index is 3.02. The fraction of sp³-hybridized carbons (Fsp3) is 0.600. The second kappa shape index (κ2) is 4.21. The van der Waals surface area contributed by atoms with Crippen molar-refractivity contribution in [3.05, 3.63) is 28.4 Å². The zero-order valence-electron chi connectivity index (χ0n) is 8.45. The van der Waals surface area contributed by atoms with Crippen LogP contribution in [0.2, 0.25) is 0 Å². The summed E-state index contributed by atoms with van der Waals surface area (Å²) in [4.78, 5) is 15.7. The van der Waals surface area contributed by atoms with E-state index in [1.807, 2.05) is 6.92 Å². The summed E-state index contributed by atoms with van der Waals surface area (Å²) >= 11 is 0. The van der Waals surface area contributed by atoms with Gasteiger partial charge < -0.3 is 0 Å². The monoisotopic (exact) mass is 180 g/mol. The maximum Gasteiger partial charge on any atom is 0.256 e. The summed E-state index contributed by atoms with van der Waals surface area (Å²) in [5, 5.41) is 0. The molecule has 0 aliphatic carbocycles. The van der Waals surface area contributed by atoms with Gasteiger partial charge in [-0.05, 0) is 19.3 Å². The highest BCUT2D eigenvalue weighted by molar-refractivity contribution is 5.05. The first-order valence-electron chi connectivity index (χ1n) is 4.68. The Morgan fingerprint density at radius 2 is 2.23 bits per heavy atom. The Bertz CT molecular complexity index is 328. The number of rotatable bonds is 3. The van der Waals surface area contributed by atoms with Gasteiger partial charge in [0.05, 0.1) is 6.33 Å². The second-order valence-electron chi connectivity index (χ2n) is 3.61. The van der Waals surface area contributed by atoms with E-state index in [2.05, 4.69) is 18.8 Å². The van der Waals surface area contributed by atoms with Crippen LogP contribution in [-0.4, -0.2) is 9.55 Å². The Morgan fingerprint density at radius 1 is 1.54 bits per heavy atom. The Kier molecular flexibility index (Phi) is 3.23. The van der Waals surface area contributed by atoms with Crippen molar-refractivity contribution in [2.45, 2.75) is 33.7 Å². The van der Waals surface area contributed by atoms with Gasteiger partial charge in [0, 0.05) is 18.3 Å². The molecule has 3 nitrogen and oxygen atoms in total. The zero-order chi connectivity index (χ0) is 9.84.